The van der Waals surface area contributed by atoms with Crippen molar-refractivity contribution in [3.8, 4) is 0 Å². The fourth-order valence-corrected chi connectivity index (χ4v) is 3.20. The average molecular weight is 278 g/mol. The first kappa shape index (κ1) is 15.2. The molecular formula is C20H22O. The van der Waals surface area contributed by atoms with Crippen molar-refractivity contribution in [1.29, 1.82) is 0 Å². The molecule has 0 fully saturated rings. The fraction of sp³-hybridized carbons (Fsp3) is 0.250. The number of rotatable bonds is 2. The van der Waals surface area contributed by atoms with Crippen LogP contribution >= 0.6 is 0 Å². The van der Waals surface area contributed by atoms with Crippen molar-refractivity contribution >= 4 is 5.78 Å². The molecule has 0 aromatic carbocycles. The molecule has 1 heteroatoms. The van der Waals surface area contributed by atoms with Gasteiger partial charge in [-0.1, -0.05) is 63.5 Å². The lowest BCUT2D eigenvalue weighted by Gasteiger charge is -2.39. The molecule has 3 aliphatic rings. The van der Waals surface area contributed by atoms with Crippen molar-refractivity contribution in [2.45, 2.75) is 20.8 Å². The van der Waals surface area contributed by atoms with Gasteiger partial charge in [0.15, 0.2) is 5.78 Å². The second kappa shape index (κ2) is 6.09. The van der Waals surface area contributed by atoms with Crippen LogP contribution in [0.5, 0.6) is 0 Å². The third-order valence-corrected chi connectivity index (χ3v) is 4.08. The van der Waals surface area contributed by atoms with Crippen LogP contribution in [0.4, 0.5) is 0 Å². The van der Waals surface area contributed by atoms with E-state index in [1.54, 1.807) is 6.92 Å². The predicted octanol–water partition coefficient (Wildman–Crippen LogP) is 4.88. The summed E-state index contributed by atoms with van der Waals surface area (Å²) in [5.74, 6) is 0.551. The minimum atomic E-state index is 0.110. The summed E-state index contributed by atoms with van der Waals surface area (Å²) in [6.45, 7) is 13.7. The molecule has 0 aromatic rings. The van der Waals surface area contributed by atoms with E-state index in [4.69, 9.17) is 0 Å². The van der Waals surface area contributed by atoms with Gasteiger partial charge >= 0.3 is 0 Å². The van der Waals surface area contributed by atoms with Gasteiger partial charge in [0.25, 0.3) is 0 Å². The van der Waals surface area contributed by atoms with E-state index in [0.29, 0.717) is 0 Å². The van der Waals surface area contributed by atoms with Crippen molar-refractivity contribution in [3.05, 3.63) is 83.6 Å². The van der Waals surface area contributed by atoms with Crippen LogP contribution in [0.2, 0.25) is 0 Å². The summed E-state index contributed by atoms with van der Waals surface area (Å²) in [5, 5.41) is 0. The molecule has 2 unspecified atom stereocenters. The van der Waals surface area contributed by atoms with E-state index >= 15 is 0 Å². The Morgan fingerprint density at radius 2 is 1.90 bits per heavy atom. The minimum absolute atomic E-state index is 0.110. The molecule has 0 N–H and O–H groups in total. The molecule has 1 nitrogen and oxygen atoms in total. The maximum absolute atomic E-state index is 11.9. The number of carbonyl (C=O) groups excluding carboxylic acids is 1. The van der Waals surface area contributed by atoms with Crippen LogP contribution in [0.3, 0.4) is 0 Å². The Kier molecular flexibility index (Phi) is 4.42. The van der Waals surface area contributed by atoms with Crippen LogP contribution in [0, 0.1) is 11.8 Å². The van der Waals surface area contributed by atoms with Gasteiger partial charge in [0, 0.05) is 17.4 Å². The molecule has 21 heavy (non-hydrogen) atoms. The topological polar surface area (TPSA) is 17.1 Å². The third kappa shape index (κ3) is 2.44. The zero-order valence-corrected chi connectivity index (χ0v) is 13.0. The fourth-order valence-electron chi connectivity index (χ4n) is 3.20. The molecule has 0 saturated carbocycles. The largest absolute Gasteiger partial charge is 0.295 e. The number of carbonyl (C=O) groups is 1. The van der Waals surface area contributed by atoms with Gasteiger partial charge in [0.1, 0.15) is 0 Å². The Hall–Kier alpha value is -2.15. The van der Waals surface area contributed by atoms with Crippen LogP contribution in [0.15, 0.2) is 83.6 Å². The van der Waals surface area contributed by atoms with Gasteiger partial charge in [-0.2, -0.15) is 0 Å². The minimum Gasteiger partial charge on any atom is -0.295 e. The first-order valence-electron chi connectivity index (χ1n) is 7.47. The SMILES string of the molecule is C=CC1=CC(C(C)=O)=C2C=CC=C3C=CC(=C)C1C32.CC. The van der Waals surface area contributed by atoms with Gasteiger partial charge in [0.05, 0.1) is 0 Å². The third-order valence-electron chi connectivity index (χ3n) is 4.08. The molecule has 3 aliphatic carbocycles. The van der Waals surface area contributed by atoms with E-state index in [-0.39, 0.29) is 17.6 Å². The number of hydrogen-bond donors (Lipinski definition) is 0. The molecule has 0 spiro atoms. The highest BCUT2D eigenvalue weighted by atomic mass is 16.1. The normalized spacial score (nSPS) is 25.4. The van der Waals surface area contributed by atoms with E-state index in [1.165, 1.54) is 5.57 Å². The van der Waals surface area contributed by atoms with Gasteiger partial charge < -0.3 is 0 Å². The standard InChI is InChI=1S/C18H16O.C2H6/c1-4-13-10-16(12(3)19)15-7-5-6-14-9-8-11(2)17(13)18(14)15;1-2/h4-10,17-18H,1-2H2,3H3;1-2H3. The number of hydrogen-bond acceptors (Lipinski definition) is 1. The van der Waals surface area contributed by atoms with Crippen molar-refractivity contribution in [2.75, 3.05) is 0 Å². The molecule has 2 atom stereocenters. The summed E-state index contributed by atoms with van der Waals surface area (Å²) >= 11 is 0. The van der Waals surface area contributed by atoms with Gasteiger partial charge in [-0.15, -0.1) is 0 Å². The van der Waals surface area contributed by atoms with E-state index in [0.717, 1.165) is 22.3 Å². The van der Waals surface area contributed by atoms with E-state index in [1.807, 2.05) is 32.1 Å². The van der Waals surface area contributed by atoms with Crippen molar-refractivity contribution in [3.63, 3.8) is 0 Å². The lowest BCUT2D eigenvalue weighted by atomic mass is 9.64. The summed E-state index contributed by atoms with van der Waals surface area (Å²) in [7, 11) is 0. The number of Topliss-reactive ketones (excluding diaryl/α,β-unsaturated/α-hetero) is 1. The Morgan fingerprint density at radius 1 is 1.19 bits per heavy atom. The highest BCUT2D eigenvalue weighted by Gasteiger charge is 2.37. The molecule has 0 aromatic heterocycles. The Morgan fingerprint density at radius 3 is 2.52 bits per heavy atom. The molecule has 3 rings (SSSR count). The average Bonchev–Trinajstić information content (AvgIpc) is 2.52. The highest BCUT2D eigenvalue weighted by Crippen LogP contribution is 2.48. The second-order valence-electron chi connectivity index (χ2n) is 5.16. The van der Waals surface area contributed by atoms with Crippen LogP contribution in [-0.4, -0.2) is 5.78 Å². The Labute approximate surface area is 127 Å². The smallest absolute Gasteiger partial charge is 0.160 e. The van der Waals surface area contributed by atoms with Crippen molar-refractivity contribution in [2.24, 2.45) is 11.8 Å². The Bertz CT molecular complexity index is 647. The first-order valence-corrected chi connectivity index (χ1v) is 7.47. The lowest BCUT2D eigenvalue weighted by Crippen LogP contribution is -2.29. The van der Waals surface area contributed by atoms with Crippen LogP contribution < -0.4 is 0 Å². The monoisotopic (exact) mass is 278 g/mol. The van der Waals surface area contributed by atoms with Crippen LogP contribution in [-0.2, 0) is 4.79 Å². The number of ketones is 1. The van der Waals surface area contributed by atoms with Crippen molar-refractivity contribution in [1.82, 2.24) is 0 Å². The zero-order chi connectivity index (χ0) is 15.6. The summed E-state index contributed by atoms with van der Waals surface area (Å²) in [6.07, 6.45) is 14.2. The molecular weight excluding hydrogens is 256 g/mol. The zero-order valence-electron chi connectivity index (χ0n) is 13.0. The maximum Gasteiger partial charge on any atom is 0.160 e. The predicted molar refractivity (Wildman–Crippen MR) is 89.8 cm³/mol. The first-order chi connectivity index (χ1) is 10.1. The summed E-state index contributed by atoms with van der Waals surface area (Å²) in [4.78, 5) is 11.9. The van der Waals surface area contributed by atoms with Gasteiger partial charge in [-0.3, -0.25) is 4.79 Å². The molecule has 0 saturated heterocycles. The molecule has 0 radical (unpaired) electrons. The Balaban J connectivity index is 0.000000774. The molecule has 0 amide bonds. The second-order valence-corrected chi connectivity index (χ2v) is 5.16. The quantitative estimate of drug-likeness (QED) is 0.703. The molecule has 0 heterocycles. The van der Waals surface area contributed by atoms with E-state index in [9.17, 15) is 4.79 Å². The molecule has 108 valence electrons. The lowest BCUT2D eigenvalue weighted by molar-refractivity contribution is -0.113. The maximum atomic E-state index is 11.9. The van der Waals surface area contributed by atoms with E-state index in [2.05, 4.69) is 37.5 Å². The number of allylic oxidation sites excluding steroid dienone is 12. The van der Waals surface area contributed by atoms with Crippen LogP contribution in [0.25, 0.3) is 0 Å². The van der Waals surface area contributed by atoms with Crippen molar-refractivity contribution < 1.29 is 4.79 Å². The van der Waals surface area contributed by atoms with Gasteiger partial charge in [-0.05, 0) is 35.3 Å². The van der Waals surface area contributed by atoms with E-state index < -0.39 is 0 Å². The van der Waals surface area contributed by atoms with Crippen LogP contribution in [0.1, 0.15) is 20.8 Å². The molecule has 0 bridgehead atoms. The van der Waals surface area contributed by atoms with Gasteiger partial charge in [-0.25, -0.2) is 0 Å². The summed E-state index contributed by atoms with van der Waals surface area (Å²) in [5.41, 5.74) is 5.35. The highest BCUT2D eigenvalue weighted by molar-refractivity contribution is 5.98. The van der Waals surface area contributed by atoms with Gasteiger partial charge in [0.2, 0.25) is 0 Å². The molecule has 0 aliphatic heterocycles. The summed E-state index contributed by atoms with van der Waals surface area (Å²) < 4.78 is 0. The summed E-state index contributed by atoms with van der Waals surface area (Å²) in [6, 6.07) is 0.